The van der Waals surface area contributed by atoms with Gasteiger partial charge in [-0.3, -0.25) is 9.59 Å². The van der Waals surface area contributed by atoms with E-state index >= 15 is 0 Å². The van der Waals surface area contributed by atoms with Crippen molar-refractivity contribution in [3.05, 3.63) is 64.6 Å². The minimum atomic E-state index is -3.61. The minimum Gasteiger partial charge on any atom is -0.497 e. The second-order valence-corrected chi connectivity index (χ2v) is 9.21. The van der Waals surface area contributed by atoms with Crippen LogP contribution >= 0.6 is 0 Å². The molecule has 31 heavy (non-hydrogen) atoms. The predicted octanol–water partition coefficient (Wildman–Crippen LogP) is 1.51. The first kappa shape index (κ1) is 21.0. The van der Waals surface area contributed by atoms with E-state index in [1.807, 2.05) is 0 Å². The van der Waals surface area contributed by atoms with Gasteiger partial charge < -0.3 is 10.1 Å². The molecule has 0 radical (unpaired) electrons. The van der Waals surface area contributed by atoms with Crippen LogP contribution in [0.4, 0.5) is 0 Å². The highest BCUT2D eigenvalue weighted by atomic mass is 32.2. The van der Waals surface area contributed by atoms with Gasteiger partial charge in [0.25, 0.3) is 11.5 Å². The van der Waals surface area contributed by atoms with Gasteiger partial charge >= 0.3 is 0 Å². The largest absolute Gasteiger partial charge is 0.497 e. The molecule has 0 atom stereocenters. The van der Waals surface area contributed by atoms with E-state index in [4.69, 9.17) is 4.74 Å². The second-order valence-electron chi connectivity index (χ2n) is 7.27. The van der Waals surface area contributed by atoms with Crippen LogP contribution in [-0.2, 0) is 10.0 Å². The number of hydrogen-bond donors (Lipinski definition) is 2. The van der Waals surface area contributed by atoms with Gasteiger partial charge in [0.15, 0.2) is 5.69 Å². The van der Waals surface area contributed by atoms with Crippen molar-refractivity contribution in [2.24, 2.45) is 0 Å². The summed E-state index contributed by atoms with van der Waals surface area (Å²) in [5.74, 6) is 0.188. The number of rotatable bonds is 5. The monoisotopic (exact) mass is 442 g/mol. The van der Waals surface area contributed by atoms with Gasteiger partial charge in [0, 0.05) is 24.5 Å². The number of aromatic amines is 1. The van der Waals surface area contributed by atoms with Gasteiger partial charge in [-0.2, -0.15) is 9.40 Å². The number of methoxy groups -OCH3 is 1. The number of carbonyl (C=O) groups excluding carboxylic acids is 1. The maximum atomic E-state index is 12.9. The fraction of sp³-hybridized carbons (Fsp3) is 0.286. The van der Waals surface area contributed by atoms with Gasteiger partial charge in [-0.1, -0.05) is 18.2 Å². The summed E-state index contributed by atoms with van der Waals surface area (Å²) in [7, 11) is -2.09. The van der Waals surface area contributed by atoms with Gasteiger partial charge in [0.2, 0.25) is 10.0 Å². The Hall–Kier alpha value is -3.24. The average molecular weight is 442 g/mol. The van der Waals surface area contributed by atoms with Crippen molar-refractivity contribution in [3.63, 3.8) is 0 Å². The third-order valence-electron chi connectivity index (χ3n) is 5.40. The van der Waals surface area contributed by atoms with Crippen molar-refractivity contribution in [2.75, 3.05) is 20.2 Å². The maximum absolute atomic E-state index is 12.9. The van der Waals surface area contributed by atoms with Crippen LogP contribution in [0.25, 0.3) is 10.8 Å². The normalized spacial score (nSPS) is 15.6. The van der Waals surface area contributed by atoms with Crippen molar-refractivity contribution in [1.82, 2.24) is 19.8 Å². The first-order chi connectivity index (χ1) is 14.9. The van der Waals surface area contributed by atoms with Crippen LogP contribution in [0.2, 0.25) is 0 Å². The van der Waals surface area contributed by atoms with Crippen LogP contribution in [0.15, 0.2) is 58.2 Å². The smallest absolute Gasteiger partial charge is 0.272 e. The van der Waals surface area contributed by atoms with Crippen LogP contribution in [0.1, 0.15) is 23.3 Å². The summed E-state index contributed by atoms with van der Waals surface area (Å²) in [5, 5.41) is 10.0. The van der Waals surface area contributed by atoms with E-state index in [2.05, 4.69) is 15.5 Å². The summed E-state index contributed by atoms with van der Waals surface area (Å²) in [6.07, 6.45) is 0.949. The number of piperidine rings is 1. The summed E-state index contributed by atoms with van der Waals surface area (Å²) in [6, 6.07) is 12.8. The Morgan fingerprint density at radius 3 is 2.39 bits per heavy atom. The summed E-state index contributed by atoms with van der Waals surface area (Å²) < 4.78 is 32.2. The molecular formula is C21H22N4O5S. The van der Waals surface area contributed by atoms with Gasteiger partial charge in [-0.15, -0.1) is 0 Å². The highest BCUT2D eigenvalue weighted by molar-refractivity contribution is 7.89. The molecule has 4 rings (SSSR count). The summed E-state index contributed by atoms with van der Waals surface area (Å²) in [4.78, 5) is 24.9. The van der Waals surface area contributed by atoms with Crippen molar-refractivity contribution in [1.29, 1.82) is 0 Å². The predicted molar refractivity (Wildman–Crippen MR) is 115 cm³/mol. The Balaban J connectivity index is 1.43. The van der Waals surface area contributed by atoms with E-state index in [1.165, 1.54) is 23.5 Å². The van der Waals surface area contributed by atoms with Crippen molar-refractivity contribution in [3.8, 4) is 5.75 Å². The first-order valence-corrected chi connectivity index (χ1v) is 11.3. The van der Waals surface area contributed by atoms with Gasteiger partial charge in [-0.25, -0.2) is 13.5 Å². The Labute approximate surface area is 179 Å². The van der Waals surface area contributed by atoms with Crippen LogP contribution in [0, 0.1) is 0 Å². The molecule has 1 aliphatic rings. The number of sulfonamides is 1. The lowest BCUT2D eigenvalue weighted by molar-refractivity contribution is 0.0919. The number of benzene rings is 2. The van der Waals surface area contributed by atoms with E-state index in [0.29, 0.717) is 42.5 Å². The maximum Gasteiger partial charge on any atom is 0.272 e. The molecule has 0 bridgehead atoms. The fourth-order valence-corrected chi connectivity index (χ4v) is 5.15. The molecular weight excluding hydrogens is 420 g/mol. The third-order valence-corrected chi connectivity index (χ3v) is 7.31. The van der Waals surface area contributed by atoms with E-state index in [9.17, 15) is 18.0 Å². The number of ether oxygens (including phenoxy) is 1. The van der Waals surface area contributed by atoms with Crippen molar-refractivity contribution < 1.29 is 17.9 Å². The SMILES string of the molecule is COc1ccc(S(=O)(=O)N2CCC(NC(=O)c3n[nH]c(=O)c4ccccc34)CC2)cc1. The number of carbonyl (C=O) groups is 1. The summed E-state index contributed by atoms with van der Waals surface area (Å²) in [5.41, 5.74) is -0.215. The lowest BCUT2D eigenvalue weighted by Crippen LogP contribution is -2.46. The third kappa shape index (κ3) is 4.17. The van der Waals surface area contributed by atoms with Crippen LogP contribution in [-0.4, -0.2) is 55.1 Å². The molecule has 0 spiro atoms. The van der Waals surface area contributed by atoms with E-state index < -0.39 is 15.9 Å². The zero-order valence-electron chi connectivity index (χ0n) is 16.9. The highest BCUT2D eigenvalue weighted by Gasteiger charge is 2.30. The molecule has 1 amide bonds. The summed E-state index contributed by atoms with van der Waals surface area (Å²) in [6.45, 7) is 0.582. The molecule has 1 saturated heterocycles. The van der Waals surface area contributed by atoms with Crippen LogP contribution in [0.5, 0.6) is 5.75 Å². The van der Waals surface area contributed by atoms with E-state index in [-0.39, 0.29) is 22.2 Å². The molecule has 0 aliphatic carbocycles. The standard InChI is InChI=1S/C21H22N4O5S/c1-30-15-6-8-16(9-7-15)31(28,29)25-12-10-14(11-13-25)22-21(27)19-17-4-2-3-5-18(17)20(26)24-23-19/h2-9,14H,10-13H2,1H3,(H,22,27)(H,24,26). The Morgan fingerprint density at radius 1 is 1.10 bits per heavy atom. The minimum absolute atomic E-state index is 0.142. The van der Waals surface area contributed by atoms with E-state index in [1.54, 1.807) is 36.4 Å². The molecule has 1 fully saturated rings. The van der Waals surface area contributed by atoms with Crippen molar-refractivity contribution >= 4 is 26.7 Å². The first-order valence-electron chi connectivity index (χ1n) is 9.82. The summed E-state index contributed by atoms with van der Waals surface area (Å²) >= 11 is 0. The zero-order valence-corrected chi connectivity index (χ0v) is 17.7. The second kappa shape index (κ2) is 8.48. The van der Waals surface area contributed by atoms with Gasteiger partial charge in [0.05, 0.1) is 17.4 Å². The zero-order chi connectivity index (χ0) is 22.0. The van der Waals surface area contributed by atoms with Crippen LogP contribution in [0.3, 0.4) is 0 Å². The highest BCUT2D eigenvalue weighted by Crippen LogP contribution is 2.23. The number of fused-ring (bicyclic) bond motifs is 1. The molecule has 1 aromatic heterocycles. The molecule has 162 valence electrons. The van der Waals surface area contributed by atoms with Crippen LogP contribution < -0.4 is 15.6 Å². The number of aromatic nitrogens is 2. The Kier molecular flexibility index (Phi) is 5.75. The molecule has 9 nitrogen and oxygen atoms in total. The molecule has 1 aliphatic heterocycles. The van der Waals surface area contributed by atoms with Gasteiger partial charge in [0.1, 0.15) is 5.75 Å². The van der Waals surface area contributed by atoms with Crippen molar-refractivity contribution in [2.45, 2.75) is 23.8 Å². The molecule has 10 heteroatoms. The Bertz CT molecular complexity index is 1260. The topological polar surface area (TPSA) is 121 Å². The van der Waals surface area contributed by atoms with Gasteiger partial charge in [-0.05, 0) is 43.2 Å². The quantitative estimate of drug-likeness (QED) is 0.618. The number of nitrogens with one attached hydrogen (secondary N) is 2. The molecule has 3 aromatic rings. The lowest BCUT2D eigenvalue weighted by Gasteiger charge is -2.31. The number of nitrogens with zero attached hydrogens (tertiary/aromatic N) is 2. The molecule has 2 heterocycles. The molecule has 0 unspecified atom stereocenters. The number of hydrogen-bond acceptors (Lipinski definition) is 6. The number of amides is 1. The Morgan fingerprint density at radius 2 is 1.74 bits per heavy atom. The number of H-pyrrole nitrogens is 1. The average Bonchev–Trinajstić information content (AvgIpc) is 2.80. The molecule has 2 aromatic carbocycles. The van der Waals surface area contributed by atoms with E-state index in [0.717, 1.165) is 0 Å². The fourth-order valence-electron chi connectivity index (χ4n) is 3.68. The molecule has 0 saturated carbocycles. The molecule has 2 N–H and O–H groups in total. The lowest BCUT2D eigenvalue weighted by atomic mass is 10.1.